The van der Waals surface area contributed by atoms with E-state index in [4.69, 9.17) is 4.74 Å². The molecule has 0 aromatic heterocycles. The number of phenolic OH excluding ortho intramolecular Hbond substituents is 1. The van der Waals surface area contributed by atoms with Gasteiger partial charge in [0.15, 0.2) is 0 Å². The summed E-state index contributed by atoms with van der Waals surface area (Å²) in [6.45, 7) is 0. The third-order valence-electron chi connectivity index (χ3n) is 4.96. The first-order valence-electron chi connectivity index (χ1n) is 8.15. The number of fused-ring (bicyclic) bond motifs is 2. The number of ether oxygens (including phenoxy) is 1. The van der Waals surface area contributed by atoms with Gasteiger partial charge in [-0.15, -0.1) is 0 Å². The van der Waals surface area contributed by atoms with E-state index >= 15 is 0 Å². The Balaban J connectivity index is 1.92. The van der Waals surface area contributed by atoms with E-state index in [9.17, 15) is 5.11 Å². The summed E-state index contributed by atoms with van der Waals surface area (Å²) in [5.41, 5.74) is 3.73. The molecule has 2 heteroatoms. The van der Waals surface area contributed by atoms with Crippen molar-refractivity contribution in [2.75, 3.05) is 7.11 Å². The average molecular weight is 304 g/mol. The van der Waals surface area contributed by atoms with Gasteiger partial charge in [0.1, 0.15) is 11.5 Å². The fraction of sp³-hybridized carbons (Fsp3) is 0.238. The quantitative estimate of drug-likeness (QED) is 0.720. The van der Waals surface area contributed by atoms with Crippen LogP contribution in [0.2, 0.25) is 0 Å². The maximum Gasteiger partial charge on any atom is 0.120 e. The van der Waals surface area contributed by atoms with Crippen molar-refractivity contribution in [2.45, 2.75) is 25.2 Å². The molecule has 1 N–H and O–H groups in total. The molecule has 0 radical (unpaired) electrons. The van der Waals surface area contributed by atoms with Crippen LogP contribution in [0.1, 0.15) is 35.4 Å². The molecule has 2 nitrogen and oxygen atoms in total. The van der Waals surface area contributed by atoms with Crippen molar-refractivity contribution in [2.24, 2.45) is 0 Å². The fourth-order valence-corrected chi connectivity index (χ4v) is 3.87. The molecule has 0 saturated carbocycles. The van der Waals surface area contributed by atoms with Gasteiger partial charge in [0.25, 0.3) is 0 Å². The van der Waals surface area contributed by atoms with Gasteiger partial charge in [0, 0.05) is 11.5 Å². The average Bonchev–Trinajstić information content (AvgIpc) is 2.61. The first kappa shape index (κ1) is 14.1. The second kappa shape index (κ2) is 5.62. The molecule has 3 aromatic rings. The van der Waals surface area contributed by atoms with Crippen LogP contribution in [0.25, 0.3) is 10.8 Å². The maximum absolute atomic E-state index is 10.6. The molecule has 0 spiro atoms. The van der Waals surface area contributed by atoms with E-state index in [-0.39, 0.29) is 5.92 Å². The van der Waals surface area contributed by atoms with Crippen LogP contribution in [0.4, 0.5) is 0 Å². The number of hydrogen-bond acceptors (Lipinski definition) is 2. The molecule has 0 fully saturated rings. The Morgan fingerprint density at radius 1 is 1.04 bits per heavy atom. The summed E-state index contributed by atoms with van der Waals surface area (Å²) in [6.07, 6.45) is 3.28. The predicted octanol–water partition coefficient (Wildman–Crippen LogP) is 5.02. The SMILES string of the molecule is COc1ccc2c(c1)CCCC2c1c(O)ccc2ccccc12. The van der Waals surface area contributed by atoms with Gasteiger partial charge in [-0.3, -0.25) is 0 Å². The maximum atomic E-state index is 10.6. The summed E-state index contributed by atoms with van der Waals surface area (Å²) in [6, 6.07) is 18.5. The van der Waals surface area contributed by atoms with Gasteiger partial charge in [-0.1, -0.05) is 36.4 Å². The highest BCUT2D eigenvalue weighted by Crippen LogP contribution is 2.44. The Labute approximate surface area is 136 Å². The van der Waals surface area contributed by atoms with Crippen molar-refractivity contribution in [1.29, 1.82) is 0 Å². The van der Waals surface area contributed by atoms with Crippen molar-refractivity contribution < 1.29 is 9.84 Å². The van der Waals surface area contributed by atoms with Gasteiger partial charge >= 0.3 is 0 Å². The van der Waals surface area contributed by atoms with Crippen LogP contribution in [-0.4, -0.2) is 12.2 Å². The predicted molar refractivity (Wildman–Crippen MR) is 93.4 cm³/mol. The molecular formula is C21H20O2. The zero-order valence-electron chi connectivity index (χ0n) is 13.3. The highest BCUT2D eigenvalue weighted by Gasteiger charge is 2.25. The molecule has 23 heavy (non-hydrogen) atoms. The molecule has 3 aromatic carbocycles. The number of aryl methyl sites for hydroxylation is 1. The van der Waals surface area contributed by atoms with E-state index in [0.717, 1.165) is 36.0 Å². The molecule has 1 aliphatic rings. The Kier molecular flexibility index (Phi) is 3.45. The summed E-state index contributed by atoms with van der Waals surface area (Å²) in [7, 11) is 1.71. The third-order valence-corrected chi connectivity index (χ3v) is 4.96. The van der Waals surface area contributed by atoms with Crippen LogP contribution in [-0.2, 0) is 6.42 Å². The largest absolute Gasteiger partial charge is 0.508 e. The lowest BCUT2D eigenvalue weighted by Gasteiger charge is -2.28. The molecule has 1 aliphatic carbocycles. The number of hydrogen-bond donors (Lipinski definition) is 1. The molecule has 0 aliphatic heterocycles. The summed E-state index contributed by atoms with van der Waals surface area (Å²) >= 11 is 0. The van der Waals surface area contributed by atoms with Crippen LogP contribution in [0.3, 0.4) is 0 Å². The summed E-state index contributed by atoms with van der Waals surface area (Å²) in [4.78, 5) is 0. The molecule has 1 atom stereocenters. The van der Waals surface area contributed by atoms with Crippen molar-refractivity contribution in [3.63, 3.8) is 0 Å². The van der Waals surface area contributed by atoms with E-state index in [0.29, 0.717) is 5.75 Å². The Morgan fingerprint density at radius 2 is 1.91 bits per heavy atom. The number of benzene rings is 3. The minimum Gasteiger partial charge on any atom is -0.508 e. The monoisotopic (exact) mass is 304 g/mol. The van der Waals surface area contributed by atoms with Crippen LogP contribution in [0.15, 0.2) is 54.6 Å². The van der Waals surface area contributed by atoms with Crippen molar-refractivity contribution in [3.05, 3.63) is 71.3 Å². The smallest absolute Gasteiger partial charge is 0.120 e. The molecule has 4 rings (SSSR count). The normalized spacial score (nSPS) is 17.0. The lowest BCUT2D eigenvalue weighted by Crippen LogP contribution is -2.12. The van der Waals surface area contributed by atoms with Crippen LogP contribution in [0.5, 0.6) is 11.5 Å². The summed E-state index contributed by atoms with van der Waals surface area (Å²) < 4.78 is 5.37. The topological polar surface area (TPSA) is 29.5 Å². The molecular weight excluding hydrogens is 284 g/mol. The Hall–Kier alpha value is -2.48. The molecule has 0 saturated heterocycles. The van der Waals surface area contributed by atoms with E-state index in [1.165, 1.54) is 16.5 Å². The van der Waals surface area contributed by atoms with Crippen molar-refractivity contribution in [1.82, 2.24) is 0 Å². The summed E-state index contributed by atoms with van der Waals surface area (Å²) in [5.74, 6) is 1.56. The van der Waals surface area contributed by atoms with E-state index in [1.54, 1.807) is 7.11 Å². The minimum atomic E-state index is 0.246. The van der Waals surface area contributed by atoms with Crippen molar-refractivity contribution >= 4 is 10.8 Å². The Morgan fingerprint density at radius 3 is 2.78 bits per heavy atom. The molecule has 0 bridgehead atoms. The molecule has 1 unspecified atom stereocenters. The van der Waals surface area contributed by atoms with E-state index in [2.05, 4.69) is 24.3 Å². The van der Waals surface area contributed by atoms with Gasteiger partial charge in [0.2, 0.25) is 0 Å². The molecule has 116 valence electrons. The summed E-state index contributed by atoms with van der Waals surface area (Å²) in [5, 5.41) is 12.9. The second-order valence-electron chi connectivity index (χ2n) is 6.23. The molecule has 0 amide bonds. The number of rotatable bonds is 2. The van der Waals surface area contributed by atoms with Gasteiger partial charge in [-0.25, -0.2) is 0 Å². The Bertz CT molecular complexity index is 867. The van der Waals surface area contributed by atoms with Crippen LogP contribution < -0.4 is 4.74 Å². The first-order valence-corrected chi connectivity index (χ1v) is 8.15. The second-order valence-corrected chi connectivity index (χ2v) is 6.23. The van der Waals surface area contributed by atoms with Crippen LogP contribution in [0, 0.1) is 0 Å². The lowest BCUT2D eigenvalue weighted by atomic mass is 9.77. The zero-order chi connectivity index (χ0) is 15.8. The zero-order valence-corrected chi connectivity index (χ0v) is 13.3. The van der Waals surface area contributed by atoms with E-state index in [1.807, 2.05) is 30.3 Å². The van der Waals surface area contributed by atoms with Crippen LogP contribution >= 0.6 is 0 Å². The third kappa shape index (κ3) is 2.35. The number of methoxy groups -OCH3 is 1. The van der Waals surface area contributed by atoms with Gasteiger partial charge in [-0.2, -0.15) is 0 Å². The van der Waals surface area contributed by atoms with Gasteiger partial charge in [0.05, 0.1) is 7.11 Å². The molecule has 0 heterocycles. The van der Waals surface area contributed by atoms with Gasteiger partial charge < -0.3 is 9.84 Å². The minimum absolute atomic E-state index is 0.246. The van der Waals surface area contributed by atoms with Gasteiger partial charge in [-0.05, 0) is 59.4 Å². The highest BCUT2D eigenvalue weighted by molar-refractivity contribution is 5.88. The standard InChI is InChI=1S/C21H20O2/c1-23-16-10-11-17-15(13-16)6-4-8-19(17)21-18-7-3-2-5-14(18)9-12-20(21)22/h2-3,5,7,9-13,19,22H,4,6,8H2,1H3. The van der Waals surface area contributed by atoms with Crippen molar-refractivity contribution in [3.8, 4) is 11.5 Å². The lowest BCUT2D eigenvalue weighted by molar-refractivity contribution is 0.413. The van der Waals surface area contributed by atoms with E-state index < -0.39 is 0 Å². The highest BCUT2D eigenvalue weighted by atomic mass is 16.5. The first-order chi connectivity index (χ1) is 11.3. The number of aromatic hydroxyl groups is 1. The number of phenols is 1. The fourth-order valence-electron chi connectivity index (χ4n) is 3.87.